The summed E-state index contributed by atoms with van der Waals surface area (Å²) in [7, 11) is -4.07. The van der Waals surface area contributed by atoms with Crippen LogP contribution in [0.25, 0.3) is 0 Å². The number of hydrogen-bond donors (Lipinski definition) is 1. The normalized spacial score (nSPS) is 14.3. The highest BCUT2D eigenvalue weighted by atomic mass is 31.2. The molecule has 0 bridgehead atoms. The molecule has 0 spiro atoms. The molecule has 0 aliphatic carbocycles. The number of unbranched alkanes of at least 4 members (excludes halogenated alkanes) is 18. The molecule has 0 aliphatic heterocycles. The fraction of sp³-hybridized carbons (Fsp3) is 1.00. The number of phosphoric acid groups is 1. The molecule has 5 nitrogen and oxygen atoms in total. The first-order chi connectivity index (χ1) is 18.0. The summed E-state index contributed by atoms with van der Waals surface area (Å²) in [5.74, 6) is 0. The molecule has 0 radical (unpaired) electrons. The van der Waals surface area contributed by atoms with E-state index in [0.717, 1.165) is 64.5 Å². The van der Waals surface area contributed by atoms with E-state index >= 15 is 0 Å². The summed E-state index contributed by atoms with van der Waals surface area (Å²) in [6.07, 6.45) is 26.9. The first-order valence-electron chi connectivity index (χ1n) is 16.4. The average Bonchev–Trinajstić information content (AvgIpc) is 2.88. The number of phosphoric ester groups is 1. The van der Waals surface area contributed by atoms with E-state index < -0.39 is 7.82 Å². The van der Waals surface area contributed by atoms with E-state index in [9.17, 15) is 9.46 Å². The Morgan fingerprint density at radius 2 is 0.946 bits per heavy atom. The van der Waals surface area contributed by atoms with E-state index in [1.807, 2.05) is 0 Å². The zero-order valence-corrected chi connectivity index (χ0v) is 26.4. The summed E-state index contributed by atoms with van der Waals surface area (Å²) in [6, 6.07) is 0. The van der Waals surface area contributed by atoms with Crippen molar-refractivity contribution in [2.45, 2.75) is 182 Å². The van der Waals surface area contributed by atoms with E-state index in [2.05, 4.69) is 32.6 Å². The van der Waals surface area contributed by atoms with Crippen LogP contribution < -0.4 is 0 Å². The lowest BCUT2D eigenvalue weighted by atomic mass is 10.1. The Balaban J connectivity index is 4.86. The highest BCUT2D eigenvalue weighted by molar-refractivity contribution is 7.47. The van der Waals surface area contributed by atoms with E-state index in [1.54, 1.807) is 0 Å². The first kappa shape index (κ1) is 37.1. The van der Waals surface area contributed by atoms with Gasteiger partial charge in [-0.15, -0.1) is 0 Å². The maximum absolute atomic E-state index is 12.9. The quantitative estimate of drug-likeness (QED) is 0.0550. The number of rotatable bonds is 30. The summed E-state index contributed by atoms with van der Waals surface area (Å²) >= 11 is 0. The van der Waals surface area contributed by atoms with Crippen molar-refractivity contribution in [2.75, 3.05) is 19.7 Å². The fourth-order valence-electron chi connectivity index (χ4n) is 4.88. The van der Waals surface area contributed by atoms with Crippen LogP contribution in [0.1, 0.15) is 175 Å². The lowest BCUT2D eigenvalue weighted by Crippen LogP contribution is -2.38. The van der Waals surface area contributed by atoms with Crippen LogP contribution in [0, 0.1) is 0 Å². The van der Waals surface area contributed by atoms with E-state index in [4.69, 9.17) is 9.05 Å². The summed E-state index contributed by atoms with van der Waals surface area (Å²) in [5.41, 5.74) is 0. The zero-order chi connectivity index (χ0) is 27.5. The van der Waals surface area contributed by atoms with Crippen molar-refractivity contribution in [1.82, 2.24) is 4.90 Å². The molecule has 2 unspecified atom stereocenters. The van der Waals surface area contributed by atoms with Crippen molar-refractivity contribution in [3.8, 4) is 0 Å². The topological polar surface area (TPSA) is 59.0 Å². The molecule has 2 atom stereocenters. The minimum Gasteiger partial charge on any atom is -0.302 e. The summed E-state index contributed by atoms with van der Waals surface area (Å²) in [4.78, 5) is 12.9. The van der Waals surface area contributed by atoms with Crippen molar-refractivity contribution >= 4 is 7.82 Å². The third-order valence-corrected chi connectivity index (χ3v) is 8.34. The van der Waals surface area contributed by atoms with E-state index in [-0.39, 0.29) is 6.23 Å². The van der Waals surface area contributed by atoms with E-state index in [1.165, 1.54) is 96.3 Å². The fourth-order valence-corrected chi connectivity index (χ4v) is 5.85. The molecule has 0 saturated carbocycles. The molecule has 0 saturated heterocycles. The maximum Gasteiger partial charge on any atom is 0.473 e. The summed E-state index contributed by atoms with van der Waals surface area (Å²) < 4.78 is 24.3. The second-order valence-electron chi connectivity index (χ2n) is 11.1. The maximum atomic E-state index is 12.9. The molecule has 6 heteroatoms. The summed E-state index contributed by atoms with van der Waals surface area (Å²) in [6.45, 7) is 11.1. The molecule has 0 aliphatic rings. The van der Waals surface area contributed by atoms with Gasteiger partial charge in [0.1, 0.15) is 6.23 Å². The zero-order valence-electron chi connectivity index (χ0n) is 25.5. The van der Waals surface area contributed by atoms with Gasteiger partial charge in [-0.25, -0.2) is 4.57 Å². The molecule has 37 heavy (non-hydrogen) atoms. The third-order valence-electron chi connectivity index (χ3n) is 7.32. The van der Waals surface area contributed by atoms with Gasteiger partial charge in [0.2, 0.25) is 0 Å². The van der Waals surface area contributed by atoms with Crippen LogP contribution in [-0.2, 0) is 13.6 Å². The SMILES string of the molecule is CCCCCCCCCOP(=O)(O)OC(CCCCC)N(CCCCCCCC)CCCCCCCC. The Morgan fingerprint density at radius 3 is 1.41 bits per heavy atom. The van der Waals surface area contributed by atoms with Crippen LogP contribution in [0.5, 0.6) is 0 Å². The van der Waals surface area contributed by atoms with Crippen molar-refractivity contribution < 1.29 is 18.5 Å². The van der Waals surface area contributed by atoms with Gasteiger partial charge in [-0.3, -0.25) is 13.9 Å². The highest BCUT2D eigenvalue weighted by Gasteiger charge is 2.30. The molecule has 0 aromatic carbocycles. The van der Waals surface area contributed by atoms with Crippen LogP contribution >= 0.6 is 7.82 Å². The van der Waals surface area contributed by atoms with Gasteiger partial charge in [-0.2, -0.15) is 0 Å². The Kier molecular flexibility index (Phi) is 27.7. The Labute approximate surface area is 232 Å². The van der Waals surface area contributed by atoms with Gasteiger partial charge >= 0.3 is 7.82 Å². The molecular weight excluding hydrogens is 481 g/mol. The Morgan fingerprint density at radius 1 is 0.568 bits per heavy atom. The predicted molar refractivity (Wildman–Crippen MR) is 161 cm³/mol. The molecule has 0 aromatic heterocycles. The largest absolute Gasteiger partial charge is 0.473 e. The minimum absolute atomic E-state index is 0.304. The van der Waals surface area contributed by atoms with Gasteiger partial charge in [0.25, 0.3) is 0 Å². The molecule has 224 valence electrons. The van der Waals surface area contributed by atoms with Crippen LogP contribution in [0.3, 0.4) is 0 Å². The molecule has 1 N–H and O–H groups in total. The first-order valence-corrected chi connectivity index (χ1v) is 17.9. The van der Waals surface area contributed by atoms with Gasteiger partial charge in [-0.1, -0.05) is 143 Å². The van der Waals surface area contributed by atoms with Gasteiger partial charge in [-0.05, 0) is 32.1 Å². The molecule has 0 rings (SSSR count). The van der Waals surface area contributed by atoms with Crippen LogP contribution in [0.4, 0.5) is 0 Å². The van der Waals surface area contributed by atoms with Crippen molar-refractivity contribution in [2.24, 2.45) is 0 Å². The third kappa shape index (κ3) is 24.8. The molecule has 0 fully saturated rings. The monoisotopic (exact) mass is 547 g/mol. The Hall–Kier alpha value is 0.0700. The van der Waals surface area contributed by atoms with Crippen molar-refractivity contribution in [3.05, 3.63) is 0 Å². The average molecular weight is 548 g/mol. The van der Waals surface area contributed by atoms with Crippen LogP contribution in [0.15, 0.2) is 0 Å². The van der Waals surface area contributed by atoms with E-state index in [0.29, 0.717) is 6.61 Å². The highest BCUT2D eigenvalue weighted by Crippen LogP contribution is 2.46. The van der Waals surface area contributed by atoms with Crippen LogP contribution in [0.2, 0.25) is 0 Å². The van der Waals surface area contributed by atoms with Gasteiger partial charge in [0, 0.05) is 13.1 Å². The molecule has 0 aromatic rings. The molecule has 0 amide bonds. The van der Waals surface area contributed by atoms with Gasteiger partial charge in [0.15, 0.2) is 0 Å². The predicted octanol–water partition coefficient (Wildman–Crippen LogP) is 10.8. The van der Waals surface area contributed by atoms with Crippen LogP contribution in [-0.4, -0.2) is 35.7 Å². The van der Waals surface area contributed by atoms with Crippen molar-refractivity contribution in [1.29, 1.82) is 0 Å². The van der Waals surface area contributed by atoms with Gasteiger partial charge in [0.05, 0.1) is 6.61 Å². The summed E-state index contributed by atoms with van der Waals surface area (Å²) in [5, 5.41) is 0. The molecule has 0 heterocycles. The minimum atomic E-state index is -4.07. The Bertz CT molecular complexity index is 490. The number of hydrogen-bond acceptors (Lipinski definition) is 4. The lowest BCUT2D eigenvalue weighted by Gasteiger charge is -2.32. The standard InChI is InChI=1S/C31H66NO4P/c1-5-9-13-16-19-22-26-30-35-37(33,34)36-31(27-23-12-8-4)32(28-24-20-17-14-10-6-2)29-25-21-18-15-11-7-3/h31H,5-30H2,1-4H3,(H,33,34). The second kappa shape index (κ2) is 27.6. The van der Waals surface area contributed by atoms with Gasteiger partial charge < -0.3 is 4.89 Å². The molecular formula is C31H66NO4P. The second-order valence-corrected chi connectivity index (χ2v) is 12.5. The number of nitrogens with zero attached hydrogens (tertiary/aromatic N) is 1. The lowest BCUT2D eigenvalue weighted by molar-refractivity contribution is -0.0134. The smallest absolute Gasteiger partial charge is 0.302 e. The van der Waals surface area contributed by atoms with Crippen molar-refractivity contribution in [3.63, 3.8) is 0 Å².